The first kappa shape index (κ1) is 34.8. The van der Waals surface area contributed by atoms with Gasteiger partial charge in [-0.1, -0.05) is 182 Å². The van der Waals surface area contributed by atoms with Gasteiger partial charge in [0.05, 0.1) is 0 Å². The maximum Gasteiger partial charge on any atom is 0.179 e. The van der Waals surface area contributed by atoms with E-state index in [1.807, 2.05) is 12.1 Å². The number of benzene rings is 10. The molecule has 0 aliphatic heterocycles. The van der Waals surface area contributed by atoms with Crippen LogP contribution in [0.2, 0.25) is 0 Å². The summed E-state index contributed by atoms with van der Waals surface area (Å²) in [6.45, 7) is 0. The Hall–Kier alpha value is -7.46. The van der Waals surface area contributed by atoms with Crippen LogP contribution in [0.15, 0.2) is 241 Å². The second-order valence-electron chi connectivity index (χ2n) is 15.3. The zero-order valence-corrected chi connectivity index (χ0v) is 33.4. The van der Waals surface area contributed by atoms with E-state index in [0.717, 1.165) is 49.8 Å². The fourth-order valence-electron chi connectivity index (χ4n) is 9.20. The van der Waals surface area contributed by atoms with Gasteiger partial charge in [0.1, 0.15) is 11.2 Å². The number of rotatable bonds is 8. The first-order valence-electron chi connectivity index (χ1n) is 20.2. The van der Waals surface area contributed by atoms with Crippen molar-refractivity contribution in [2.45, 2.75) is 0 Å². The van der Waals surface area contributed by atoms with Crippen LogP contribution in [0.1, 0.15) is 0 Å². The minimum atomic E-state index is -2.79. The Balaban J connectivity index is 1.11. The summed E-state index contributed by atoms with van der Waals surface area (Å²) in [6.07, 6.45) is 0. The van der Waals surface area contributed by atoms with Crippen molar-refractivity contribution in [1.29, 1.82) is 0 Å². The lowest BCUT2D eigenvalue weighted by atomic mass is 10.0. The number of anilines is 3. The molecule has 0 saturated heterocycles. The van der Waals surface area contributed by atoms with E-state index >= 15 is 0 Å². The summed E-state index contributed by atoms with van der Waals surface area (Å²) in [5.74, 6) is 0. The highest BCUT2D eigenvalue weighted by Gasteiger charge is 2.41. The van der Waals surface area contributed by atoms with Crippen molar-refractivity contribution in [3.63, 3.8) is 0 Å². The molecule has 11 rings (SSSR count). The molecule has 0 unspecified atom stereocenters. The first-order chi connectivity index (χ1) is 29.2. The number of hydrogen-bond acceptors (Lipinski definition) is 2. The minimum absolute atomic E-state index is 0.910. The van der Waals surface area contributed by atoms with Gasteiger partial charge in [0.2, 0.25) is 0 Å². The summed E-state index contributed by atoms with van der Waals surface area (Å²) in [5.41, 5.74) is 7.45. The van der Waals surface area contributed by atoms with Crippen molar-refractivity contribution >= 4 is 89.4 Å². The summed E-state index contributed by atoms with van der Waals surface area (Å²) < 4.78 is 6.47. The molecule has 11 aromatic rings. The maximum absolute atomic E-state index is 6.47. The summed E-state index contributed by atoms with van der Waals surface area (Å²) >= 11 is 0. The van der Waals surface area contributed by atoms with Crippen molar-refractivity contribution in [1.82, 2.24) is 0 Å². The van der Waals surface area contributed by atoms with Crippen LogP contribution < -0.4 is 25.6 Å². The van der Waals surface area contributed by atoms with Crippen molar-refractivity contribution < 1.29 is 4.42 Å². The molecule has 0 bridgehead atoms. The molecule has 0 amide bonds. The molecular formula is C56H39NOSi. The predicted octanol–water partition coefficient (Wildman–Crippen LogP) is 12.4. The lowest BCUT2D eigenvalue weighted by Crippen LogP contribution is -2.74. The first-order valence-corrected chi connectivity index (χ1v) is 22.2. The third-order valence-corrected chi connectivity index (χ3v) is 16.7. The molecule has 1 heterocycles. The maximum atomic E-state index is 6.47. The predicted molar refractivity (Wildman–Crippen MR) is 252 cm³/mol. The molecule has 0 saturated carbocycles. The molecule has 59 heavy (non-hydrogen) atoms. The summed E-state index contributed by atoms with van der Waals surface area (Å²) in [5, 5.41) is 12.4. The van der Waals surface area contributed by atoms with Gasteiger partial charge in [0.25, 0.3) is 0 Å². The number of fused-ring (bicyclic) bond motifs is 6. The monoisotopic (exact) mass is 769 g/mol. The normalized spacial score (nSPS) is 11.7. The fraction of sp³-hybridized carbons (Fsp3) is 0. The van der Waals surface area contributed by atoms with Crippen LogP contribution in [-0.2, 0) is 0 Å². The second-order valence-corrected chi connectivity index (χ2v) is 19.1. The van der Waals surface area contributed by atoms with E-state index in [1.165, 1.54) is 42.6 Å². The van der Waals surface area contributed by atoms with Crippen molar-refractivity contribution in [3.8, 4) is 11.1 Å². The highest BCUT2D eigenvalue weighted by atomic mass is 28.3. The summed E-state index contributed by atoms with van der Waals surface area (Å²) in [6, 6.07) is 86.6. The van der Waals surface area contributed by atoms with E-state index in [-0.39, 0.29) is 0 Å². The molecule has 0 atom stereocenters. The molecular weight excluding hydrogens is 731 g/mol. The number of furan rings is 1. The lowest BCUT2D eigenvalue weighted by Gasteiger charge is -2.35. The Kier molecular flexibility index (Phi) is 8.53. The molecule has 10 aromatic carbocycles. The van der Waals surface area contributed by atoms with E-state index < -0.39 is 8.07 Å². The Morgan fingerprint density at radius 2 is 0.864 bits per heavy atom. The van der Waals surface area contributed by atoms with Crippen LogP contribution in [0.3, 0.4) is 0 Å². The van der Waals surface area contributed by atoms with Crippen molar-refractivity contribution in [3.05, 3.63) is 237 Å². The van der Waals surface area contributed by atoms with E-state index in [1.54, 1.807) is 0 Å². The fourth-order valence-corrected chi connectivity index (χ4v) is 14.0. The Morgan fingerprint density at radius 3 is 1.63 bits per heavy atom. The standard InChI is InChI=1S/C56H39NOSi/c1-4-15-40(16-5-1)42-19-14-20-46(37-42)57(47-31-36-52-44(38-47)28-35-54-53-25-12-13-26-55(53)58-56(52)54)45-29-33-50(34-30-45)59(48-21-6-2-7-22-48,49-23-8-3-9-24-49)51-32-27-41-17-10-11-18-43(41)39-51/h1-39H. The van der Waals surface area contributed by atoms with Crippen LogP contribution >= 0.6 is 0 Å². The minimum Gasteiger partial charge on any atom is -0.455 e. The molecule has 0 aliphatic rings. The van der Waals surface area contributed by atoms with Gasteiger partial charge in [-0.15, -0.1) is 0 Å². The Bertz CT molecular complexity index is 3230. The Labute approximate surface area is 344 Å². The molecule has 2 nitrogen and oxygen atoms in total. The van der Waals surface area contributed by atoms with Crippen LogP contribution in [-0.4, -0.2) is 8.07 Å². The summed E-state index contributed by atoms with van der Waals surface area (Å²) in [7, 11) is -2.79. The smallest absolute Gasteiger partial charge is 0.179 e. The highest BCUT2D eigenvalue weighted by molar-refractivity contribution is 7.20. The van der Waals surface area contributed by atoms with Crippen LogP contribution in [0.4, 0.5) is 17.1 Å². The van der Waals surface area contributed by atoms with Gasteiger partial charge < -0.3 is 9.32 Å². The molecule has 0 fully saturated rings. The van der Waals surface area contributed by atoms with Crippen LogP contribution in [0, 0.1) is 0 Å². The Morgan fingerprint density at radius 1 is 0.305 bits per heavy atom. The highest BCUT2D eigenvalue weighted by Crippen LogP contribution is 2.40. The largest absolute Gasteiger partial charge is 0.455 e. The SMILES string of the molecule is c1ccc(-c2cccc(N(c3ccc([Si](c4ccccc4)(c4ccccc4)c4ccc5ccccc5c4)cc3)c3ccc4c(ccc5c6ccccc6oc45)c3)c2)cc1. The van der Waals surface area contributed by atoms with Crippen LogP contribution in [0.25, 0.3) is 54.6 Å². The molecule has 0 spiro atoms. The van der Waals surface area contributed by atoms with E-state index in [2.05, 4.69) is 229 Å². The van der Waals surface area contributed by atoms with E-state index in [4.69, 9.17) is 4.42 Å². The molecule has 3 heteroatoms. The van der Waals surface area contributed by atoms with Crippen molar-refractivity contribution in [2.75, 3.05) is 4.90 Å². The number of hydrogen-bond donors (Lipinski definition) is 0. The average Bonchev–Trinajstić information content (AvgIpc) is 3.70. The van der Waals surface area contributed by atoms with E-state index in [0.29, 0.717) is 0 Å². The topological polar surface area (TPSA) is 16.4 Å². The van der Waals surface area contributed by atoms with Gasteiger partial charge in [0, 0.05) is 33.2 Å². The number of nitrogens with zero attached hydrogens (tertiary/aromatic N) is 1. The van der Waals surface area contributed by atoms with Gasteiger partial charge in [0.15, 0.2) is 8.07 Å². The molecule has 278 valence electrons. The average molecular weight is 770 g/mol. The second kappa shape index (κ2) is 14.5. The summed E-state index contributed by atoms with van der Waals surface area (Å²) in [4.78, 5) is 2.39. The molecule has 0 radical (unpaired) electrons. The van der Waals surface area contributed by atoms with Gasteiger partial charge in [-0.3, -0.25) is 0 Å². The van der Waals surface area contributed by atoms with Gasteiger partial charge in [-0.25, -0.2) is 0 Å². The van der Waals surface area contributed by atoms with Gasteiger partial charge in [-0.2, -0.15) is 0 Å². The number of para-hydroxylation sites is 1. The zero-order valence-electron chi connectivity index (χ0n) is 32.4. The molecule has 1 aromatic heterocycles. The van der Waals surface area contributed by atoms with Crippen molar-refractivity contribution in [2.24, 2.45) is 0 Å². The van der Waals surface area contributed by atoms with Gasteiger partial charge >= 0.3 is 0 Å². The third-order valence-electron chi connectivity index (χ3n) is 12.0. The van der Waals surface area contributed by atoms with E-state index in [9.17, 15) is 0 Å². The quantitative estimate of drug-likeness (QED) is 0.113. The molecule has 0 aliphatic carbocycles. The van der Waals surface area contributed by atoms with Crippen LogP contribution in [0.5, 0.6) is 0 Å². The molecule has 0 N–H and O–H groups in total. The zero-order chi connectivity index (χ0) is 39.2. The van der Waals surface area contributed by atoms with Gasteiger partial charge in [-0.05, 0) is 103 Å². The lowest BCUT2D eigenvalue weighted by molar-refractivity contribution is 0.672. The third kappa shape index (κ3) is 5.94.